The average Bonchev–Trinajstić information content (AvgIpc) is 3.30. The highest BCUT2D eigenvalue weighted by Gasteiger charge is 2.20. The van der Waals surface area contributed by atoms with Gasteiger partial charge in [0.2, 0.25) is 5.91 Å². The van der Waals surface area contributed by atoms with Crippen LogP contribution in [-0.2, 0) is 4.79 Å². The minimum atomic E-state index is -0.655. The van der Waals surface area contributed by atoms with Crippen LogP contribution >= 0.6 is 0 Å². The predicted molar refractivity (Wildman–Crippen MR) is 286 cm³/mol. The van der Waals surface area contributed by atoms with E-state index in [1.807, 2.05) is 0 Å². The molecule has 0 rings (SSSR count). The monoisotopic (exact) mass is 904 g/mol. The normalized spacial score (nSPS) is 12.6. The molecule has 0 radical (unpaired) electrons. The third-order valence-corrected chi connectivity index (χ3v) is 14.6. The Bertz CT molecular complexity index is 849. The number of aliphatic hydroxyl groups excluding tert-OH is 2. The van der Waals surface area contributed by atoms with Crippen molar-refractivity contribution in [3.05, 3.63) is 0 Å². The largest absolute Gasteiger partial charge is 0.394 e. The van der Waals surface area contributed by atoms with Gasteiger partial charge in [-0.15, -0.1) is 0 Å². The van der Waals surface area contributed by atoms with Gasteiger partial charge in [0, 0.05) is 6.42 Å². The van der Waals surface area contributed by atoms with Gasteiger partial charge in [0.15, 0.2) is 0 Å². The summed E-state index contributed by atoms with van der Waals surface area (Å²) in [5.41, 5.74) is 0. The van der Waals surface area contributed by atoms with Gasteiger partial charge in [-0.2, -0.15) is 0 Å². The summed E-state index contributed by atoms with van der Waals surface area (Å²) in [7, 11) is 0. The molecule has 384 valence electrons. The number of amides is 1. The topological polar surface area (TPSA) is 69.6 Å². The van der Waals surface area contributed by atoms with Crippen molar-refractivity contribution in [2.45, 2.75) is 373 Å². The molecule has 0 fully saturated rings. The second-order valence-corrected chi connectivity index (χ2v) is 21.1. The Morgan fingerprint density at radius 1 is 0.312 bits per heavy atom. The molecule has 2 unspecified atom stereocenters. The summed E-state index contributed by atoms with van der Waals surface area (Å²) in [6.07, 6.45) is 72.6. The van der Waals surface area contributed by atoms with E-state index in [1.54, 1.807) is 0 Å². The molecular weight excluding hydrogens is 783 g/mol. The lowest BCUT2D eigenvalue weighted by Crippen LogP contribution is -2.45. The van der Waals surface area contributed by atoms with E-state index in [2.05, 4.69) is 19.2 Å². The summed E-state index contributed by atoms with van der Waals surface area (Å²) in [5.74, 6) is -0.0215. The Morgan fingerprint density at radius 3 is 0.703 bits per heavy atom. The molecule has 3 N–H and O–H groups in total. The maximum absolute atomic E-state index is 12.5. The molecule has 0 spiro atoms. The zero-order valence-corrected chi connectivity index (χ0v) is 44.3. The summed E-state index contributed by atoms with van der Waals surface area (Å²) < 4.78 is 0. The van der Waals surface area contributed by atoms with Crippen LogP contribution in [-0.4, -0.2) is 34.9 Å². The lowest BCUT2D eigenvalue weighted by atomic mass is 10.0. The first-order valence-electron chi connectivity index (χ1n) is 30.2. The fourth-order valence-electron chi connectivity index (χ4n) is 10.0. The number of carbonyl (C=O) groups excluding carboxylic acids is 1. The van der Waals surface area contributed by atoms with Crippen LogP contribution in [0.3, 0.4) is 0 Å². The zero-order chi connectivity index (χ0) is 46.3. The van der Waals surface area contributed by atoms with Gasteiger partial charge in [0.1, 0.15) is 0 Å². The fourth-order valence-corrected chi connectivity index (χ4v) is 10.0. The summed E-state index contributed by atoms with van der Waals surface area (Å²) in [5, 5.41) is 23.3. The van der Waals surface area contributed by atoms with Gasteiger partial charge in [0.05, 0.1) is 18.8 Å². The van der Waals surface area contributed by atoms with Crippen LogP contribution in [0.15, 0.2) is 0 Å². The SMILES string of the molecule is CCCCCCCCCCCCCCCCCCCCCCCCCCCCCCCCCCCCC(=O)NC(CO)C(O)CCCCCCCCCCCCCCCCCCCC. The zero-order valence-electron chi connectivity index (χ0n) is 44.3. The number of unbranched alkanes of at least 4 members (excludes halogenated alkanes) is 50. The highest BCUT2D eigenvalue weighted by molar-refractivity contribution is 5.76. The number of nitrogens with one attached hydrogen (secondary N) is 1. The van der Waals surface area contributed by atoms with Crippen LogP contribution in [0.25, 0.3) is 0 Å². The van der Waals surface area contributed by atoms with Gasteiger partial charge in [-0.05, 0) is 12.8 Å². The van der Waals surface area contributed by atoms with Crippen molar-refractivity contribution in [2.75, 3.05) is 6.61 Å². The highest BCUT2D eigenvalue weighted by Crippen LogP contribution is 2.19. The summed E-state index contributed by atoms with van der Waals surface area (Å²) in [6.45, 7) is 4.41. The molecule has 64 heavy (non-hydrogen) atoms. The van der Waals surface area contributed by atoms with Crippen LogP contribution < -0.4 is 5.32 Å². The molecule has 4 nitrogen and oxygen atoms in total. The van der Waals surface area contributed by atoms with Crippen LogP contribution in [0.1, 0.15) is 361 Å². The Hall–Kier alpha value is -0.610. The van der Waals surface area contributed by atoms with Crippen LogP contribution in [0, 0.1) is 0 Å². The maximum atomic E-state index is 12.5. The van der Waals surface area contributed by atoms with Crippen molar-refractivity contribution in [3.8, 4) is 0 Å². The van der Waals surface area contributed by atoms with Crippen molar-refractivity contribution >= 4 is 5.91 Å². The van der Waals surface area contributed by atoms with Gasteiger partial charge in [0.25, 0.3) is 0 Å². The Labute approximate surface area is 404 Å². The molecule has 4 heteroatoms. The number of rotatable bonds is 57. The first-order valence-corrected chi connectivity index (χ1v) is 30.2. The van der Waals surface area contributed by atoms with Gasteiger partial charge in [-0.25, -0.2) is 0 Å². The predicted octanol–water partition coefficient (Wildman–Crippen LogP) is 19.9. The van der Waals surface area contributed by atoms with Crippen LogP contribution in [0.5, 0.6) is 0 Å². The van der Waals surface area contributed by atoms with Crippen molar-refractivity contribution in [1.82, 2.24) is 5.32 Å². The van der Waals surface area contributed by atoms with E-state index in [-0.39, 0.29) is 12.5 Å². The van der Waals surface area contributed by atoms with E-state index in [4.69, 9.17) is 0 Å². The van der Waals surface area contributed by atoms with Crippen molar-refractivity contribution in [1.29, 1.82) is 0 Å². The molecule has 0 aromatic heterocycles. The fraction of sp³-hybridized carbons (Fsp3) is 0.983. The van der Waals surface area contributed by atoms with Gasteiger partial charge >= 0.3 is 0 Å². The van der Waals surface area contributed by atoms with Gasteiger partial charge < -0.3 is 15.5 Å². The molecule has 0 bridgehead atoms. The van der Waals surface area contributed by atoms with Crippen LogP contribution in [0.2, 0.25) is 0 Å². The van der Waals surface area contributed by atoms with Crippen LogP contribution in [0.4, 0.5) is 0 Å². The van der Waals surface area contributed by atoms with Crippen molar-refractivity contribution in [3.63, 3.8) is 0 Å². The van der Waals surface area contributed by atoms with E-state index in [9.17, 15) is 15.0 Å². The second-order valence-electron chi connectivity index (χ2n) is 21.1. The van der Waals surface area contributed by atoms with Crippen molar-refractivity contribution < 1.29 is 15.0 Å². The van der Waals surface area contributed by atoms with E-state index >= 15 is 0 Å². The number of hydrogen-bond acceptors (Lipinski definition) is 3. The second kappa shape index (κ2) is 56.7. The molecule has 0 aliphatic carbocycles. The van der Waals surface area contributed by atoms with E-state index in [1.165, 1.54) is 308 Å². The van der Waals surface area contributed by atoms with E-state index in [0.29, 0.717) is 12.8 Å². The molecule has 0 aromatic rings. The molecule has 0 aliphatic heterocycles. The molecular formula is C60H121NO3. The Kier molecular flexibility index (Phi) is 56.2. The average molecular weight is 905 g/mol. The first kappa shape index (κ1) is 63.4. The highest BCUT2D eigenvalue weighted by atomic mass is 16.3. The lowest BCUT2D eigenvalue weighted by molar-refractivity contribution is -0.123. The first-order chi connectivity index (χ1) is 31.7. The number of aliphatic hydroxyl groups is 2. The standard InChI is InChI=1S/C60H121NO3/c1-3-5-7-9-11-13-15-17-19-21-23-24-25-26-27-28-29-30-31-32-33-34-35-36-37-38-40-42-44-46-48-50-52-54-56-60(64)61-58(57-62)59(63)55-53-51-49-47-45-43-41-39-22-20-18-16-14-12-10-8-6-4-2/h58-59,62-63H,3-57H2,1-2H3,(H,61,64). The van der Waals surface area contributed by atoms with Crippen molar-refractivity contribution in [2.24, 2.45) is 0 Å². The molecule has 0 saturated heterocycles. The summed E-state index contributed by atoms with van der Waals surface area (Å²) in [4.78, 5) is 12.5. The smallest absolute Gasteiger partial charge is 0.220 e. The number of carbonyl (C=O) groups is 1. The lowest BCUT2D eigenvalue weighted by Gasteiger charge is -2.22. The molecule has 0 aliphatic rings. The summed E-state index contributed by atoms with van der Waals surface area (Å²) >= 11 is 0. The third kappa shape index (κ3) is 52.4. The van der Waals surface area contributed by atoms with Gasteiger partial charge in [-0.3, -0.25) is 4.79 Å². The molecule has 0 aromatic carbocycles. The minimum absolute atomic E-state index is 0.0215. The molecule has 0 heterocycles. The minimum Gasteiger partial charge on any atom is -0.394 e. The third-order valence-electron chi connectivity index (χ3n) is 14.6. The van der Waals surface area contributed by atoms with Gasteiger partial charge in [-0.1, -0.05) is 341 Å². The molecule has 0 saturated carbocycles. The molecule has 2 atom stereocenters. The Balaban J connectivity index is 3.35. The van der Waals surface area contributed by atoms with E-state index in [0.717, 1.165) is 25.7 Å². The number of hydrogen-bond donors (Lipinski definition) is 3. The quantitative estimate of drug-likeness (QED) is 0.0533. The molecule has 1 amide bonds. The van der Waals surface area contributed by atoms with E-state index < -0.39 is 12.1 Å². The maximum Gasteiger partial charge on any atom is 0.220 e. The summed E-state index contributed by atoms with van der Waals surface area (Å²) in [6, 6.07) is -0.531. The Morgan fingerprint density at radius 2 is 0.500 bits per heavy atom.